The van der Waals surface area contributed by atoms with Gasteiger partial charge in [-0.05, 0) is 55.7 Å². The number of fused-ring (bicyclic) bond motifs is 1. The molecule has 0 saturated carbocycles. The van der Waals surface area contributed by atoms with Gasteiger partial charge in [0, 0.05) is 24.3 Å². The molecule has 2 heterocycles. The molecule has 160 valence electrons. The van der Waals surface area contributed by atoms with E-state index in [0.717, 1.165) is 25.7 Å². The molecule has 1 saturated heterocycles. The zero-order valence-electron chi connectivity index (χ0n) is 17.0. The molecule has 30 heavy (non-hydrogen) atoms. The van der Waals surface area contributed by atoms with Crippen LogP contribution < -0.4 is 14.8 Å². The third kappa shape index (κ3) is 4.29. The average Bonchev–Trinajstić information content (AvgIpc) is 3.05. The number of carbonyl (C=O) groups excluding carboxylic acids is 1. The number of nitrogens with one attached hydrogen (secondary N) is 1. The highest BCUT2D eigenvalue weighted by Gasteiger charge is 2.27. The lowest BCUT2D eigenvalue weighted by molar-refractivity contribution is 0.102. The van der Waals surface area contributed by atoms with E-state index in [2.05, 4.69) is 5.32 Å². The fourth-order valence-corrected chi connectivity index (χ4v) is 5.53. The summed E-state index contributed by atoms with van der Waals surface area (Å²) in [5.74, 6) is 0.801. The van der Waals surface area contributed by atoms with Gasteiger partial charge in [0.1, 0.15) is 13.2 Å². The third-order valence-electron chi connectivity index (χ3n) is 5.43. The van der Waals surface area contributed by atoms with Crippen molar-refractivity contribution in [1.29, 1.82) is 0 Å². The van der Waals surface area contributed by atoms with Gasteiger partial charge >= 0.3 is 0 Å². The Balaban J connectivity index is 1.56. The first-order chi connectivity index (χ1) is 14.4. The van der Waals surface area contributed by atoms with E-state index in [-0.39, 0.29) is 10.8 Å². The molecule has 0 atom stereocenters. The molecule has 2 aliphatic heterocycles. The maximum atomic E-state index is 13.2. The van der Waals surface area contributed by atoms with E-state index in [1.165, 1.54) is 0 Å². The Hall–Kier alpha value is -2.58. The van der Waals surface area contributed by atoms with Crippen LogP contribution in [0.3, 0.4) is 0 Å². The van der Waals surface area contributed by atoms with Crippen molar-refractivity contribution in [3.05, 3.63) is 47.5 Å². The van der Waals surface area contributed by atoms with Crippen molar-refractivity contribution in [2.75, 3.05) is 31.6 Å². The summed E-state index contributed by atoms with van der Waals surface area (Å²) in [6.07, 6.45) is 3.85. The number of hydrogen-bond donors (Lipinski definition) is 1. The van der Waals surface area contributed by atoms with E-state index < -0.39 is 10.0 Å². The molecule has 0 aliphatic carbocycles. The predicted octanol–water partition coefficient (Wildman–Crippen LogP) is 3.58. The van der Waals surface area contributed by atoms with Gasteiger partial charge in [-0.1, -0.05) is 18.9 Å². The Kier molecular flexibility index (Phi) is 5.97. The molecule has 1 fully saturated rings. The fraction of sp³-hybridized carbons (Fsp3) is 0.409. The molecule has 0 radical (unpaired) electrons. The van der Waals surface area contributed by atoms with Crippen molar-refractivity contribution in [3.63, 3.8) is 0 Å². The lowest BCUT2D eigenvalue weighted by atomic mass is 10.1. The van der Waals surface area contributed by atoms with Crippen molar-refractivity contribution in [2.45, 2.75) is 37.5 Å². The molecule has 0 bridgehead atoms. The van der Waals surface area contributed by atoms with Crippen LogP contribution in [-0.4, -0.2) is 44.9 Å². The molecular formula is C22H26N2O5S. The summed E-state index contributed by atoms with van der Waals surface area (Å²) in [6.45, 7) is 3.77. The molecule has 2 aliphatic rings. The molecule has 0 unspecified atom stereocenters. The van der Waals surface area contributed by atoms with E-state index in [0.29, 0.717) is 54.6 Å². The molecule has 8 heteroatoms. The summed E-state index contributed by atoms with van der Waals surface area (Å²) in [7, 11) is -3.61. The molecule has 4 rings (SSSR count). The molecule has 2 aromatic rings. The Labute approximate surface area is 177 Å². The molecule has 1 amide bonds. The van der Waals surface area contributed by atoms with Gasteiger partial charge in [0.2, 0.25) is 10.0 Å². The van der Waals surface area contributed by atoms with Crippen LogP contribution in [0.2, 0.25) is 0 Å². The van der Waals surface area contributed by atoms with E-state index in [4.69, 9.17) is 9.47 Å². The number of rotatable bonds is 4. The topological polar surface area (TPSA) is 84.9 Å². The Bertz CT molecular complexity index is 1040. The predicted molar refractivity (Wildman–Crippen MR) is 114 cm³/mol. The summed E-state index contributed by atoms with van der Waals surface area (Å²) < 4.78 is 39.0. The number of benzene rings is 2. The van der Waals surface area contributed by atoms with Gasteiger partial charge in [-0.2, -0.15) is 4.31 Å². The first kappa shape index (κ1) is 20.7. The maximum absolute atomic E-state index is 13.2. The van der Waals surface area contributed by atoms with Gasteiger partial charge < -0.3 is 14.8 Å². The largest absolute Gasteiger partial charge is 0.486 e. The normalized spacial score (nSPS) is 17.2. The SMILES string of the molecule is Cc1ccc(NC(=O)c2ccc3c(c2)OCCO3)cc1S(=O)(=O)N1CCCCCC1. The van der Waals surface area contributed by atoms with Crippen LogP contribution in [0, 0.1) is 6.92 Å². The molecule has 1 N–H and O–H groups in total. The van der Waals surface area contributed by atoms with Crippen LogP contribution in [0.5, 0.6) is 11.5 Å². The summed E-state index contributed by atoms with van der Waals surface area (Å²) in [5.41, 5.74) is 1.52. The van der Waals surface area contributed by atoms with Gasteiger partial charge in [0.05, 0.1) is 4.90 Å². The fourth-order valence-electron chi connectivity index (χ4n) is 3.76. The second-order valence-corrected chi connectivity index (χ2v) is 9.52. The van der Waals surface area contributed by atoms with Crippen LogP contribution in [-0.2, 0) is 10.0 Å². The molecule has 7 nitrogen and oxygen atoms in total. The number of ether oxygens (including phenoxy) is 2. The lowest BCUT2D eigenvalue weighted by Crippen LogP contribution is -2.32. The number of amides is 1. The van der Waals surface area contributed by atoms with Crippen LogP contribution in [0.4, 0.5) is 5.69 Å². The number of aryl methyl sites for hydroxylation is 1. The first-order valence-corrected chi connectivity index (χ1v) is 11.7. The molecule has 0 aromatic heterocycles. The summed E-state index contributed by atoms with van der Waals surface area (Å²) in [5, 5.41) is 2.80. The van der Waals surface area contributed by atoms with Crippen molar-refractivity contribution >= 4 is 21.6 Å². The monoisotopic (exact) mass is 430 g/mol. The van der Waals surface area contributed by atoms with Gasteiger partial charge in [-0.3, -0.25) is 4.79 Å². The minimum atomic E-state index is -3.61. The Morgan fingerprint density at radius 3 is 2.37 bits per heavy atom. The van der Waals surface area contributed by atoms with Crippen LogP contribution in [0.15, 0.2) is 41.3 Å². The van der Waals surface area contributed by atoms with Gasteiger partial charge in [0.25, 0.3) is 5.91 Å². The van der Waals surface area contributed by atoms with Crippen LogP contribution in [0.1, 0.15) is 41.6 Å². The second kappa shape index (κ2) is 8.65. The van der Waals surface area contributed by atoms with Crippen molar-refractivity contribution in [2.24, 2.45) is 0 Å². The van der Waals surface area contributed by atoms with Gasteiger partial charge in [-0.25, -0.2) is 8.42 Å². The van der Waals surface area contributed by atoms with Crippen molar-refractivity contribution in [1.82, 2.24) is 4.31 Å². The van der Waals surface area contributed by atoms with Crippen molar-refractivity contribution < 1.29 is 22.7 Å². The smallest absolute Gasteiger partial charge is 0.255 e. The quantitative estimate of drug-likeness (QED) is 0.801. The highest BCUT2D eigenvalue weighted by Crippen LogP contribution is 2.31. The number of anilines is 1. The first-order valence-electron chi connectivity index (χ1n) is 10.3. The Morgan fingerprint density at radius 2 is 1.63 bits per heavy atom. The second-order valence-electron chi connectivity index (χ2n) is 7.61. The zero-order chi connectivity index (χ0) is 21.1. The third-order valence-corrected chi connectivity index (χ3v) is 7.47. The lowest BCUT2D eigenvalue weighted by Gasteiger charge is -2.21. The molecular weight excluding hydrogens is 404 g/mol. The minimum Gasteiger partial charge on any atom is -0.486 e. The highest BCUT2D eigenvalue weighted by atomic mass is 32.2. The summed E-state index contributed by atoms with van der Waals surface area (Å²) in [4.78, 5) is 13.0. The number of hydrogen-bond acceptors (Lipinski definition) is 5. The van der Waals surface area contributed by atoms with Gasteiger partial charge in [-0.15, -0.1) is 0 Å². The van der Waals surface area contributed by atoms with E-state index in [1.807, 2.05) is 0 Å². The summed E-state index contributed by atoms with van der Waals surface area (Å²) in [6, 6.07) is 9.98. The van der Waals surface area contributed by atoms with Gasteiger partial charge in [0.15, 0.2) is 11.5 Å². The highest BCUT2D eigenvalue weighted by molar-refractivity contribution is 7.89. The minimum absolute atomic E-state index is 0.240. The molecule has 0 spiro atoms. The standard InChI is InChI=1S/C22H26N2O5S/c1-16-6-8-18(15-21(16)30(26,27)24-10-4-2-3-5-11-24)23-22(25)17-7-9-19-20(14-17)29-13-12-28-19/h6-9,14-15H,2-5,10-13H2,1H3,(H,23,25). The maximum Gasteiger partial charge on any atom is 0.255 e. The number of sulfonamides is 1. The van der Waals surface area contributed by atoms with E-state index >= 15 is 0 Å². The van der Waals surface area contributed by atoms with E-state index in [1.54, 1.807) is 47.6 Å². The van der Waals surface area contributed by atoms with E-state index in [9.17, 15) is 13.2 Å². The number of nitrogens with zero attached hydrogens (tertiary/aromatic N) is 1. The molecule has 2 aromatic carbocycles. The average molecular weight is 431 g/mol. The van der Waals surface area contributed by atoms with Crippen LogP contribution >= 0.6 is 0 Å². The number of carbonyl (C=O) groups is 1. The van der Waals surface area contributed by atoms with Crippen LogP contribution in [0.25, 0.3) is 0 Å². The Morgan fingerprint density at radius 1 is 0.933 bits per heavy atom. The summed E-state index contributed by atoms with van der Waals surface area (Å²) >= 11 is 0. The zero-order valence-corrected chi connectivity index (χ0v) is 17.8. The van der Waals surface area contributed by atoms with Crippen molar-refractivity contribution in [3.8, 4) is 11.5 Å².